The summed E-state index contributed by atoms with van der Waals surface area (Å²) in [5.41, 5.74) is 0.201. The first-order valence-corrected chi connectivity index (χ1v) is 9.50. The van der Waals surface area contributed by atoms with E-state index in [0.29, 0.717) is 34.9 Å². The Kier molecular flexibility index (Phi) is 5.70. The zero-order valence-electron chi connectivity index (χ0n) is 15.2. The minimum Gasteiger partial charge on any atom is -0.496 e. The first kappa shape index (κ1) is 19.2. The number of benzene rings is 1. The molecule has 142 valence electrons. The summed E-state index contributed by atoms with van der Waals surface area (Å²) in [7, 11) is 1.43. The third-order valence-corrected chi connectivity index (χ3v) is 5.84. The summed E-state index contributed by atoms with van der Waals surface area (Å²) >= 11 is 1.16. The molecule has 1 aliphatic rings. The van der Waals surface area contributed by atoms with E-state index < -0.39 is 11.7 Å². The summed E-state index contributed by atoms with van der Waals surface area (Å²) in [6.07, 6.45) is 1.32. The highest BCUT2D eigenvalue weighted by atomic mass is 32.1. The third kappa shape index (κ3) is 4.08. The van der Waals surface area contributed by atoms with E-state index in [4.69, 9.17) is 4.74 Å². The Labute approximate surface area is 160 Å². The van der Waals surface area contributed by atoms with Gasteiger partial charge in [0, 0.05) is 19.0 Å². The van der Waals surface area contributed by atoms with Crippen molar-refractivity contribution in [2.24, 2.45) is 5.92 Å². The highest BCUT2D eigenvalue weighted by molar-refractivity contribution is 7.15. The molecule has 7 heteroatoms. The number of piperidine rings is 1. The van der Waals surface area contributed by atoms with Crippen molar-refractivity contribution in [3.63, 3.8) is 0 Å². The van der Waals surface area contributed by atoms with E-state index in [1.807, 2.05) is 0 Å². The zero-order chi connectivity index (χ0) is 19.6. The lowest BCUT2D eigenvalue weighted by molar-refractivity contribution is 0.0640. The van der Waals surface area contributed by atoms with Crippen LogP contribution in [0.1, 0.15) is 49.5 Å². The van der Waals surface area contributed by atoms with Crippen LogP contribution in [0.4, 0.5) is 4.39 Å². The van der Waals surface area contributed by atoms with Gasteiger partial charge in [0.15, 0.2) is 11.6 Å². The molecule has 1 amide bonds. The maximum Gasteiger partial charge on any atom is 0.263 e. The normalized spacial score (nSPS) is 16.9. The van der Waals surface area contributed by atoms with E-state index in [0.717, 1.165) is 11.3 Å². The van der Waals surface area contributed by atoms with Crippen molar-refractivity contribution in [3.05, 3.63) is 51.5 Å². The fraction of sp³-hybridized carbons (Fsp3) is 0.350. The molecule has 1 aromatic carbocycles. The number of methoxy groups -OCH3 is 1. The largest absolute Gasteiger partial charge is 0.496 e. The Morgan fingerprint density at radius 2 is 1.93 bits per heavy atom. The van der Waals surface area contributed by atoms with Crippen LogP contribution in [-0.4, -0.2) is 42.6 Å². The van der Waals surface area contributed by atoms with E-state index in [9.17, 15) is 18.8 Å². The van der Waals surface area contributed by atoms with Gasteiger partial charge in [0.05, 0.1) is 22.4 Å². The highest BCUT2D eigenvalue weighted by Crippen LogP contribution is 2.28. The van der Waals surface area contributed by atoms with Crippen molar-refractivity contribution in [3.8, 4) is 5.75 Å². The molecule has 0 aliphatic carbocycles. The molecule has 0 bridgehead atoms. The van der Waals surface area contributed by atoms with Crippen molar-refractivity contribution >= 4 is 28.8 Å². The van der Waals surface area contributed by atoms with Gasteiger partial charge in [0.1, 0.15) is 11.6 Å². The Hall–Kier alpha value is -2.54. The number of likely N-dealkylation sites (tertiary alicyclic amines) is 1. The lowest BCUT2D eigenvalue weighted by atomic mass is 9.89. The second-order valence-corrected chi connectivity index (χ2v) is 7.60. The molecule has 2 heterocycles. The minimum atomic E-state index is -0.502. The van der Waals surface area contributed by atoms with Gasteiger partial charge in [-0.05, 0) is 50.1 Å². The second-order valence-electron chi connectivity index (χ2n) is 6.52. The molecule has 5 nitrogen and oxygen atoms in total. The topological polar surface area (TPSA) is 63.7 Å². The Balaban J connectivity index is 1.77. The number of hydrogen-bond donors (Lipinski definition) is 0. The monoisotopic (exact) mass is 389 g/mol. The van der Waals surface area contributed by atoms with Crippen molar-refractivity contribution in [2.45, 2.75) is 19.8 Å². The molecule has 1 fully saturated rings. The number of carbonyl (C=O) groups is 3. The summed E-state index contributed by atoms with van der Waals surface area (Å²) < 4.78 is 18.8. The smallest absolute Gasteiger partial charge is 0.263 e. The summed E-state index contributed by atoms with van der Waals surface area (Å²) in [6, 6.07) is 7.15. The van der Waals surface area contributed by atoms with Crippen molar-refractivity contribution in [1.29, 1.82) is 0 Å². The number of hydrogen-bond acceptors (Lipinski definition) is 5. The predicted molar refractivity (Wildman–Crippen MR) is 100 cm³/mol. The predicted octanol–water partition coefficient (Wildman–Crippen LogP) is 3.83. The molecule has 0 spiro atoms. The van der Waals surface area contributed by atoms with Crippen LogP contribution in [0.3, 0.4) is 0 Å². The van der Waals surface area contributed by atoms with Gasteiger partial charge in [-0.25, -0.2) is 4.39 Å². The fourth-order valence-electron chi connectivity index (χ4n) is 3.27. The standard InChI is InChI=1S/C20H20FNO4S/c1-12(23)17-7-8-18(27-17)20(25)22-9-3-4-13(11-22)19(24)15-10-14(21)5-6-16(15)26-2/h5-8,10,13H,3-4,9,11H2,1-2H3/t13-/m0/s1. The van der Waals surface area contributed by atoms with Crippen LogP contribution in [0, 0.1) is 11.7 Å². The molecule has 3 rings (SSSR count). The number of nitrogens with zero attached hydrogens (tertiary/aromatic N) is 1. The van der Waals surface area contributed by atoms with Crippen molar-refractivity contribution in [1.82, 2.24) is 4.90 Å². The van der Waals surface area contributed by atoms with Crippen LogP contribution in [0.2, 0.25) is 0 Å². The summed E-state index contributed by atoms with van der Waals surface area (Å²) in [5, 5.41) is 0. The maximum atomic E-state index is 13.6. The zero-order valence-corrected chi connectivity index (χ0v) is 16.0. The van der Waals surface area contributed by atoms with Crippen LogP contribution in [0.25, 0.3) is 0 Å². The highest BCUT2D eigenvalue weighted by Gasteiger charge is 2.31. The molecule has 2 aromatic rings. The van der Waals surface area contributed by atoms with E-state index in [-0.39, 0.29) is 29.6 Å². The lowest BCUT2D eigenvalue weighted by Crippen LogP contribution is -2.42. The number of Topliss-reactive ketones (excluding diaryl/α,β-unsaturated/α-hetero) is 2. The van der Waals surface area contributed by atoms with Crippen molar-refractivity contribution in [2.75, 3.05) is 20.2 Å². The molecule has 0 N–H and O–H groups in total. The molecule has 27 heavy (non-hydrogen) atoms. The SMILES string of the molecule is COc1ccc(F)cc1C(=O)[C@H]1CCCN(C(=O)c2ccc(C(C)=O)s2)C1. The Morgan fingerprint density at radius 1 is 1.19 bits per heavy atom. The molecule has 1 atom stereocenters. The molecule has 0 radical (unpaired) electrons. The second kappa shape index (κ2) is 8.00. The number of ether oxygens (including phenoxy) is 1. The quantitative estimate of drug-likeness (QED) is 0.729. The minimum absolute atomic E-state index is 0.0797. The third-order valence-electron chi connectivity index (χ3n) is 4.67. The van der Waals surface area contributed by atoms with Crippen molar-refractivity contribution < 1.29 is 23.5 Å². The lowest BCUT2D eigenvalue weighted by Gasteiger charge is -2.32. The van der Waals surface area contributed by atoms with Crippen LogP contribution in [0.15, 0.2) is 30.3 Å². The van der Waals surface area contributed by atoms with E-state index >= 15 is 0 Å². The first-order chi connectivity index (χ1) is 12.9. The molecule has 1 aliphatic heterocycles. The molecule has 0 unspecified atom stereocenters. The number of thiophene rings is 1. The Morgan fingerprint density at radius 3 is 2.59 bits per heavy atom. The average molecular weight is 389 g/mol. The molecule has 1 aromatic heterocycles. The van der Waals surface area contributed by atoms with Gasteiger partial charge in [-0.15, -0.1) is 11.3 Å². The first-order valence-electron chi connectivity index (χ1n) is 8.68. The Bertz CT molecular complexity index is 892. The number of ketones is 2. The molecule has 0 saturated carbocycles. The van der Waals surface area contributed by atoms with Gasteiger partial charge < -0.3 is 9.64 Å². The van der Waals surface area contributed by atoms with Gasteiger partial charge in [-0.1, -0.05) is 0 Å². The fourth-order valence-corrected chi connectivity index (χ4v) is 4.14. The number of halogens is 1. The van der Waals surface area contributed by atoms with E-state index in [2.05, 4.69) is 0 Å². The number of amides is 1. The van der Waals surface area contributed by atoms with E-state index in [1.54, 1.807) is 17.0 Å². The van der Waals surface area contributed by atoms with Crippen LogP contribution in [0.5, 0.6) is 5.75 Å². The van der Waals surface area contributed by atoms with Gasteiger partial charge in [-0.2, -0.15) is 0 Å². The maximum absolute atomic E-state index is 13.6. The molecule has 1 saturated heterocycles. The molecular weight excluding hydrogens is 369 g/mol. The van der Waals surface area contributed by atoms with Crippen LogP contribution >= 0.6 is 11.3 Å². The molecular formula is C20H20FNO4S. The summed E-state index contributed by atoms with van der Waals surface area (Å²) in [6.45, 7) is 2.28. The summed E-state index contributed by atoms with van der Waals surface area (Å²) in [5.74, 6) is -1.07. The van der Waals surface area contributed by atoms with Crippen LogP contribution in [-0.2, 0) is 0 Å². The number of rotatable bonds is 5. The average Bonchev–Trinajstić information content (AvgIpc) is 3.17. The van der Waals surface area contributed by atoms with Gasteiger partial charge in [0.25, 0.3) is 5.91 Å². The van der Waals surface area contributed by atoms with Gasteiger partial charge in [0.2, 0.25) is 0 Å². The van der Waals surface area contributed by atoms with Gasteiger partial charge in [-0.3, -0.25) is 14.4 Å². The van der Waals surface area contributed by atoms with Gasteiger partial charge >= 0.3 is 0 Å². The van der Waals surface area contributed by atoms with E-state index in [1.165, 1.54) is 32.2 Å². The van der Waals surface area contributed by atoms with Crippen LogP contribution < -0.4 is 4.74 Å². The summed E-state index contributed by atoms with van der Waals surface area (Å²) in [4.78, 5) is 39.7. The number of carbonyl (C=O) groups excluding carboxylic acids is 3.